The quantitative estimate of drug-likeness (QED) is 0.777. The fourth-order valence-corrected chi connectivity index (χ4v) is 3.58. The van der Waals surface area contributed by atoms with E-state index in [-0.39, 0.29) is 37.1 Å². The molecule has 0 aromatic heterocycles. The van der Waals surface area contributed by atoms with Crippen LogP contribution in [0.1, 0.15) is 47.0 Å². The maximum Gasteiger partial charge on any atom is 0.164 e. The molecule has 3 heterocycles. The molecule has 22 heavy (non-hydrogen) atoms. The molecule has 0 aliphatic carbocycles. The number of fused-ring (bicyclic) bond motifs is 1. The lowest BCUT2D eigenvalue weighted by atomic mass is 10.0. The van der Waals surface area contributed by atoms with Gasteiger partial charge in [0.25, 0.3) is 0 Å². The summed E-state index contributed by atoms with van der Waals surface area (Å²) >= 11 is 0. The van der Waals surface area contributed by atoms with Crippen LogP contribution >= 0.6 is 0 Å². The highest BCUT2D eigenvalue weighted by atomic mass is 16.8. The maximum atomic E-state index is 8.96. The van der Waals surface area contributed by atoms with E-state index in [1.165, 1.54) is 0 Å². The third kappa shape index (κ3) is 3.32. The molecule has 6 nitrogen and oxygen atoms in total. The SMILES string of the molecule is CC1(C)O[C@@H]2[C@H](O1)[C@@H](CCCCO)O[C@@H]2[C@H]1COC(C)(C)O1. The van der Waals surface area contributed by atoms with Crippen LogP contribution in [-0.4, -0.2) is 60.4 Å². The molecule has 0 amide bonds. The largest absolute Gasteiger partial charge is 0.396 e. The number of rotatable bonds is 5. The Morgan fingerprint density at radius 3 is 2.27 bits per heavy atom. The summed E-state index contributed by atoms with van der Waals surface area (Å²) in [5.41, 5.74) is 0. The summed E-state index contributed by atoms with van der Waals surface area (Å²) in [6.45, 7) is 8.41. The molecule has 0 saturated carbocycles. The molecule has 0 aromatic rings. The number of aliphatic hydroxyl groups excluding tert-OH is 1. The first-order chi connectivity index (χ1) is 10.3. The first-order valence-corrected chi connectivity index (χ1v) is 8.25. The van der Waals surface area contributed by atoms with Crippen LogP contribution in [-0.2, 0) is 23.7 Å². The molecule has 3 rings (SSSR count). The molecule has 5 atom stereocenters. The molecule has 3 aliphatic heterocycles. The number of hydrogen-bond donors (Lipinski definition) is 1. The summed E-state index contributed by atoms with van der Waals surface area (Å²) in [6, 6.07) is 0. The first-order valence-electron chi connectivity index (χ1n) is 8.25. The van der Waals surface area contributed by atoms with Crippen molar-refractivity contribution >= 4 is 0 Å². The number of hydrogen-bond acceptors (Lipinski definition) is 6. The zero-order valence-electron chi connectivity index (χ0n) is 13.9. The minimum Gasteiger partial charge on any atom is -0.396 e. The smallest absolute Gasteiger partial charge is 0.164 e. The highest BCUT2D eigenvalue weighted by molar-refractivity contribution is 5.01. The van der Waals surface area contributed by atoms with Gasteiger partial charge in [0.1, 0.15) is 24.4 Å². The molecule has 3 saturated heterocycles. The predicted molar refractivity (Wildman–Crippen MR) is 78.3 cm³/mol. The van der Waals surface area contributed by atoms with Crippen molar-refractivity contribution < 1.29 is 28.8 Å². The second-order valence-corrected chi connectivity index (χ2v) is 7.29. The van der Waals surface area contributed by atoms with Gasteiger partial charge in [-0.15, -0.1) is 0 Å². The molecule has 6 heteroatoms. The number of unbranched alkanes of at least 4 members (excludes halogenated alkanes) is 1. The van der Waals surface area contributed by atoms with Gasteiger partial charge >= 0.3 is 0 Å². The van der Waals surface area contributed by atoms with Gasteiger partial charge < -0.3 is 28.8 Å². The van der Waals surface area contributed by atoms with Crippen molar-refractivity contribution in [1.29, 1.82) is 0 Å². The van der Waals surface area contributed by atoms with Crippen LogP contribution in [0.3, 0.4) is 0 Å². The highest BCUT2D eigenvalue weighted by Gasteiger charge is 2.58. The van der Waals surface area contributed by atoms with Crippen molar-refractivity contribution in [2.75, 3.05) is 13.2 Å². The predicted octanol–water partition coefficient (Wildman–Crippen LogP) is 1.59. The minimum atomic E-state index is -0.596. The van der Waals surface area contributed by atoms with Gasteiger partial charge in [0.15, 0.2) is 11.6 Å². The molecule has 3 fully saturated rings. The molecular weight excluding hydrogens is 288 g/mol. The van der Waals surface area contributed by atoms with Crippen molar-refractivity contribution in [1.82, 2.24) is 0 Å². The van der Waals surface area contributed by atoms with E-state index in [4.69, 9.17) is 28.8 Å². The molecular formula is C16H28O6. The molecule has 3 aliphatic rings. The second-order valence-electron chi connectivity index (χ2n) is 7.29. The zero-order chi connectivity index (χ0) is 16.0. The first kappa shape index (κ1) is 16.6. The standard InChI is InChI=1S/C16H28O6/c1-15(2)18-9-11(20-15)12-14-13(21-16(3,4)22-14)10(19-12)7-5-6-8-17/h10-14,17H,5-9H2,1-4H3/t10-,11-,12-,13-,14+/m1/s1. The lowest BCUT2D eigenvalue weighted by molar-refractivity contribution is -0.207. The number of aliphatic hydroxyl groups is 1. The Morgan fingerprint density at radius 2 is 1.64 bits per heavy atom. The number of ether oxygens (including phenoxy) is 5. The van der Waals surface area contributed by atoms with Crippen LogP contribution in [0.5, 0.6) is 0 Å². The maximum absolute atomic E-state index is 8.96. The van der Waals surface area contributed by atoms with Gasteiger partial charge in [-0.1, -0.05) is 0 Å². The van der Waals surface area contributed by atoms with E-state index in [0.717, 1.165) is 19.3 Å². The zero-order valence-corrected chi connectivity index (χ0v) is 13.9. The second kappa shape index (κ2) is 6.00. The normalized spacial score (nSPS) is 42.7. The van der Waals surface area contributed by atoms with E-state index in [1.807, 2.05) is 27.7 Å². The molecule has 0 bridgehead atoms. The van der Waals surface area contributed by atoms with E-state index < -0.39 is 11.6 Å². The van der Waals surface area contributed by atoms with Crippen LogP contribution in [0.15, 0.2) is 0 Å². The van der Waals surface area contributed by atoms with E-state index in [1.54, 1.807) is 0 Å². The molecule has 0 spiro atoms. The van der Waals surface area contributed by atoms with Crippen molar-refractivity contribution in [2.24, 2.45) is 0 Å². The van der Waals surface area contributed by atoms with Crippen molar-refractivity contribution in [3.63, 3.8) is 0 Å². The fourth-order valence-electron chi connectivity index (χ4n) is 3.58. The molecule has 128 valence electrons. The van der Waals surface area contributed by atoms with Crippen molar-refractivity contribution in [3.8, 4) is 0 Å². The summed E-state index contributed by atoms with van der Waals surface area (Å²) < 4.78 is 30.0. The van der Waals surface area contributed by atoms with Gasteiger partial charge in [0, 0.05) is 6.61 Å². The van der Waals surface area contributed by atoms with Crippen molar-refractivity contribution in [3.05, 3.63) is 0 Å². The van der Waals surface area contributed by atoms with Crippen LogP contribution in [0.4, 0.5) is 0 Å². The Labute approximate surface area is 132 Å². The summed E-state index contributed by atoms with van der Waals surface area (Å²) in [4.78, 5) is 0. The molecule has 0 aromatic carbocycles. The summed E-state index contributed by atoms with van der Waals surface area (Å²) in [6.07, 6.45) is 2.01. The minimum absolute atomic E-state index is 0.0179. The van der Waals surface area contributed by atoms with E-state index >= 15 is 0 Å². The summed E-state index contributed by atoms with van der Waals surface area (Å²) in [7, 11) is 0. The Kier molecular flexibility index (Phi) is 4.53. The Hall–Kier alpha value is -0.240. The van der Waals surface area contributed by atoms with E-state index in [2.05, 4.69) is 0 Å². The third-order valence-corrected chi connectivity index (χ3v) is 4.48. The average molecular weight is 316 g/mol. The molecule has 0 unspecified atom stereocenters. The van der Waals surface area contributed by atoms with Crippen molar-refractivity contribution in [2.45, 2.75) is 89.1 Å². The van der Waals surface area contributed by atoms with E-state index in [9.17, 15) is 0 Å². The van der Waals surface area contributed by atoms with Gasteiger partial charge in [0.05, 0.1) is 12.7 Å². The van der Waals surface area contributed by atoms with Gasteiger partial charge in [-0.3, -0.25) is 0 Å². The lowest BCUT2D eigenvalue weighted by Gasteiger charge is -2.27. The summed E-state index contributed by atoms with van der Waals surface area (Å²) in [5.74, 6) is -1.17. The van der Waals surface area contributed by atoms with Crippen LogP contribution in [0, 0.1) is 0 Å². The van der Waals surface area contributed by atoms with Crippen LogP contribution in [0.2, 0.25) is 0 Å². The van der Waals surface area contributed by atoms with Crippen LogP contribution < -0.4 is 0 Å². The third-order valence-electron chi connectivity index (χ3n) is 4.48. The topological polar surface area (TPSA) is 66.4 Å². The van der Waals surface area contributed by atoms with Gasteiger partial charge in [-0.2, -0.15) is 0 Å². The van der Waals surface area contributed by atoms with Gasteiger partial charge in [-0.05, 0) is 47.0 Å². The highest BCUT2D eigenvalue weighted by Crippen LogP contribution is 2.43. The average Bonchev–Trinajstić information content (AvgIpc) is 3.02. The van der Waals surface area contributed by atoms with Gasteiger partial charge in [0.2, 0.25) is 0 Å². The Bertz CT molecular complexity index is 396. The lowest BCUT2D eigenvalue weighted by Crippen LogP contribution is -2.40. The fraction of sp³-hybridized carbons (Fsp3) is 1.00. The Balaban J connectivity index is 1.69. The molecule has 1 N–H and O–H groups in total. The van der Waals surface area contributed by atoms with Gasteiger partial charge in [-0.25, -0.2) is 0 Å². The Morgan fingerprint density at radius 1 is 0.909 bits per heavy atom. The monoisotopic (exact) mass is 316 g/mol. The molecule has 0 radical (unpaired) electrons. The van der Waals surface area contributed by atoms with Crippen LogP contribution in [0.25, 0.3) is 0 Å². The van der Waals surface area contributed by atoms with E-state index in [0.29, 0.717) is 6.61 Å². The summed E-state index contributed by atoms with van der Waals surface area (Å²) in [5, 5.41) is 8.96.